The van der Waals surface area contributed by atoms with Gasteiger partial charge in [0.25, 0.3) is 11.5 Å². The zero-order valence-corrected chi connectivity index (χ0v) is 20.9. The van der Waals surface area contributed by atoms with Crippen molar-refractivity contribution < 1.29 is 9.59 Å². The van der Waals surface area contributed by atoms with Crippen molar-refractivity contribution in [3.05, 3.63) is 55.9 Å². The first kappa shape index (κ1) is 23.1. The number of carbonyl (C=O) groups excluding carboxylic acids is 2. The molecule has 1 fully saturated rings. The first-order valence-corrected chi connectivity index (χ1v) is 13.8. The maximum absolute atomic E-state index is 13.0. The maximum atomic E-state index is 13.0. The Hall–Kier alpha value is -2.65. The molecule has 7 nitrogen and oxygen atoms in total. The number of aryl methyl sites for hydroxylation is 3. The number of aromatic amines is 1. The Morgan fingerprint density at radius 3 is 2.79 bits per heavy atom. The summed E-state index contributed by atoms with van der Waals surface area (Å²) in [6.45, 7) is 3.42. The Morgan fingerprint density at radius 2 is 1.97 bits per heavy atom. The zero-order valence-electron chi connectivity index (χ0n) is 19.2. The van der Waals surface area contributed by atoms with Crippen LogP contribution in [0.15, 0.2) is 23.0 Å². The second kappa shape index (κ2) is 9.92. The highest BCUT2D eigenvalue weighted by Crippen LogP contribution is 2.33. The molecule has 2 aromatic heterocycles. The van der Waals surface area contributed by atoms with Crippen LogP contribution in [0.1, 0.15) is 57.9 Å². The molecule has 3 aromatic rings. The molecule has 1 saturated heterocycles. The van der Waals surface area contributed by atoms with Gasteiger partial charge in [-0.3, -0.25) is 14.4 Å². The average molecular weight is 497 g/mol. The van der Waals surface area contributed by atoms with Gasteiger partial charge in [0.2, 0.25) is 5.91 Å². The van der Waals surface area contributed by atoms with Crippen LogP contribution in [-0.2, 0) is 23.4 Å². The molecule has 2 aliphatic rings. The lowest BCUT2D eigenvalue weighted by Crippen LogP contribution is -2.29. The Bertz CT molecular complexity index is 1310. The van der Waals surface area contributed by atoms with E-state index in [1.807, 2.05) is 24.0 Å². The van der Waals surface area contributed by atoms with E-state index in [0.29, 0.717) is 22.8 Å². The minimum atomic E-state index is -0.180. The van der Waals surface area contributed by atoms with Gasteiger partial charge in [-0.15, -0.1) is 23.1 Å². The van der Waals surface area contributed by atoms with Gasteiger partial charge in [0.1, 0.15) is 10.7 Å². The number of rotatable bonds is 6. The smallest absolute Gasteiger partial charge is 0.259 e. The molecule has 0 radical (unpaired) electrons. The number of nitrogens with zero attached hydrogens (tertiary/aromatic N) is 2. The van der Waals surface area contributed by atoms with E-state index in [9.17, 15) is 14.4 Å². The Kier molecular flexibility index (Phi) is 6.74. The molecule has 1 aliphatic carbocycles. The Labute approximate surface area is 206 Å². The monoisotopic (exact) mass is 496 g/mol. The maximum Gasteiger partial charge on any atom is 0.259 e. The number of thioether (sulfide) groups is 1. The van der Waals surface area contributed by atoms with Gasteiger partial charge in [-0.05, 0) is 62.6 Å². The van der Waals surface area contributed by atoms with Crippen LogP contribution in [0.5, 0.6) is 0 Å². The van der Waals surface area contributed by atoms with Gasteiger partial charge in [-0.2, -0.15) is 0 Å². The van der Waals surface area contributed by atoms with Crippen molar-refractivity contribution in [3.8, 4) is 0 Å². The van der Waals surface area contributed by atoms with Crippen molar-refractivity contribution in [2.45, 2.75) is 51.2 Å². The molecule has 0 bridgehead atoms. The van der Waals surface area contributed by atoms with Crippen LogP contribution in [0, 0.1) is 6.92 Å². The summed E-state index contributed by atoms with van der Waals surface area (Å²) >= 11 is 3.02. The third-order valence-corrected chi connectivity index (χ3v) is 8.63. The molecule has 0 spiro atoms. The van der Waals surface area contributed by atoms with Crippen LogP contribution in [0.2, 0.25) is 0 Å². The normalized spacial score (nSPS) is 15.5. The van der Waals surface area contributed by atoms with Crippen LogP contribution >= 0.6 is 23.1 Å². The fourth-order valence-corrected chi connectivity index (χ4v) is 6.81. The number of carbonyl (C=O) groups is 2. The second-order valence-corrected chi connectivity index (χ2v) is 11.0. The number of benzene rings is 1. The molecule has 2 N–H and O–H groups in total. The number of amides is 2. The molecule has 3 heterocycles. The van der Waals surface area contributed by atoms with Gasteiger partial charge in [0.15, 0.2) is 0 Å². The average Bonchev–Trinajstić information content (AvgIpc) is 3.47. The summed E-state index contributed by atoms with van der Waals surface area (Å²) < 4.78 is 0. The molecule has 1 aliphatic heterocycles. The summed E-state index contributed by atoms with van der Waals surface area (Å²) in [4.78, 5) is 49.9. The number of H-pyrrole nitrogens is 1. The number of anilines is 1. The van der Waals surface area contributed by atoms with Crippen molar-refractivity contribution in [2.75, 3.05) is 24.2 Å². The minimum absolute atomic E-state index is 0.0210. The SMILES string of the molecule is Cc1cccc(NC(=O)CSCc2nc3sc4c(c3c(=O)[nH]2)CCCC4)c1C(=O)N1CCCC1. The van der Waals surface area contributed by atoms with Crippen molar-refractivity contribution in [1.82, 2.24) is 14.9 Å². The lowest BCUT2D eigenvalue weighted by atomic mass is 9.97. The molecule has 178 valence electrons. The van der Waals surface area contributed by atoms with Crippen LogP contribution in [0.25, 0.3) is 10.2 Å². The van der Waals surface area contributed by atoms with Crippen molar-refractivity contribution >= 4 is 50.8 Å². The molecule has 9 heteroatoms. The molecule has 0 saturated carbocycles. The first-order valence-electron chi connectivity index (χ1n) is 11.8. The minimum Gasteiger partial charge on any atom is -0.339 e. The van der Waals surface area contributed by atoms with Gasteiger partial charge in [-0.1, -0.05) is 12.1 Å². The topological polar surface area (TPSA) is 95.2 Å². The second-order valence-electron chi connectivity index (χ2n) is 8.94. The number of likely N-dealkylation sites (tertiary alicyclic amines) is 1. The largest absolute Gasteiger partial charge is 0.339 e. The third kappa shape index (κ3) is 4.63. The molecular weight excluding hydrogens is 468 g/mol. The van der Waals surface area contributed by atoms with Crippen LogP contribution in [0.3, 0.4) is 0 Å². The van der Waals surface area contributed by atoms with E-state index in [4.69, 9.17) is 0 Å². The predicted molar refractivity (Wildman–Crippen MR) is 138 cm³/mol. The molecule has 1 aromatic carbocycles. The quantitative estimate of drug-likeness (QED) is 0.531. The zero-order chi connectivity index (χ0) is 23.7. The van der Waals surface area contributed by atoms with E-state index in [-0.39, 0.29) is 23.1 Å². The fourth-order valence-electron chi connectivity index (χ4n) is 4.84. The summed E-state index contributed by atoms with van der Waals surface area (Å²) in [5.41, 5.74) is 3.09. The standard InChI is InChI=1S/C25H28N4O3S2/c1-15-7-6-9-17(21(15)25(32)29-11-4-5-12-29)26-20(30)14-33-13-19-27-23(31)22-16-8-2-3-10-18(16)34-24(22)28-19/h6-7,9H,2-5,8,10-14H2,1H3,(H,26,30)(H,27,28,31). The highest BCUT2D eigenvalue weighted by atomic mass is 32.2. The van der Waals surface area contributed by atoms with Crippen LogP contribution in [-0.4, -0.2) is 45.5 Å². The highest BCUT2D eigenvalue weighted by molar-refractivity contribution is 7.99. The molecule has 0 atom stereocenters. The summed E-state index contributed by atoms with van der Waals surface area (Å²) in [6, 6.07) is 5.53. The summed E-state index contributed by atoms with van der Waals surface area (Å²) in [5.74, 6) is 1.03. The third-order valence-electron chi connectivity index (χ3n) is 6.50. The Morgan fingerprint density at radius 1 is 1.18 bits per heavy atom. The first-order chi connectivity index (χ1) is 16.5. The number of hydrogen-bond donors (Lipinski definition) is 2. The fraction of sp³-hybridized carbons (Fsp3) is 0.440. The van der Waals surface area contributed by atoms with Gasteiger partial charge in [-0.25, -0.2) is 4.98 Å². The molecule has 5 rings (SSSR count). The van der Waals surface area contributed by atoms with E-state index in [1.165, 1.54) is 28.6 Å². The highest BCUT2D eigenvalue weighted by Gasteiger charge is 2.24. The molecular formula is C25H28N4O3S2. The summed E-state index contributed by atoms with van der Waals surface area (Å²) in [6.07, 6.45) is 6.31. The van der Waals surface area contributed by atoms with E-state index in [1.54, 1.807) is 17.4 Å². The number of hydrogen-bond acceptors (Lipinski definition) is 6. The van der Waals surface area contributed by atoms with E-state index >= 15 is 0 Å². The van der Waals surface area contributed by atoms with Crippen LogP contribution in [0.4, 0.5) is 5.69 Å². The van der Waals surface area contributed by atoms with Gasteiger partial charge >= 0.3 is 0 Å². The van der Waals surface area contributed by atoms with Crippen molar-refractivity contribution in [3.63, 3.8) is 0 Å². The van der Waals surface area contributed by atoms with E-state index < -0.39 is 0 Å². The lowest BCUT2D eigenvalue weighted by molar-refractivity contribution is -0.113. The van der Waals surface area contributed by atoms with Crippen molar-refractivity contribution in [1.29, 1.82) is 0 Å². The molecule has 0 unspecified atom stereocenters. The predicted octanol–water partition coefficient (Wildman–Crippen LogP) is 4.28. The number of thiophene rings is 1. The van der Waals surface area contributed by atoms with Gasteiger partial charge in [0, 0.05) is 18.0 Å². The lowest BCUT2D eigenvalue weighted by Gasteiger charge is -2.19. The molecule has 2 amide bonds. The van der Waals surface area contributed by atoms with E-state index in [0.717, 1.165) is 61.0 Å². The number of nitrogens with one attached hydrogen (secondary N) is 2. The number of fused-ring (bicyclic) bond motifs is 3. The summed E-state index contributed by atoms with van der Waals surface area (Å²) in [5, 5.41) is 3.67. The Balaban J connectivity index is 1.24. The van der Waals surface area contributed by atoms with Gasteiger partial charge in [0.05, 0.1) is 28.1 Å². The van der Waals surface area contributed by atoms with E-state index in [2.05, 4.69) is 15.3 Å². The van der Waals surface area contributed by atoms with Crippen molar-refractivity contribution in [2.24, 2.45) is 0 Å². The molecule has 34 heavy (non-hydrogen) atoms. The summed E-state index contributed by atoms with van der Waals surface area (Å²) in [7, 11) is 0. The number of aromatic nitrogens is 2. The van der Waals surface area contributed by atoms with Gasteiger partial charge < -0.3 is 15.2 Å². The van der Waals surface area contributed by atoms with Crippen LogP contribution < -0.4 is 10.9 Å².